The van der Waals surface area contributed by atoms with Gasteiger partial charge in [-0.25, -0.2) is 51.2 Å². The molecule has 0 radical (unpaired) electrons. The summed E-state index contributed by atoms with van der Waals surface area (Å²) in [6.45, 7) is 0.619. The van der Waals surface area contributed by atoms with Gasteiger partial charge in [0.2, 0.25) is 45.9 Å². The van der Waals surface area contributed by atoms with Crippen LogP contribution in [0.1, 0.15) is 93.7 Å². The summed E-state index contributed by atoms with van der Waals surface area (Å²) in [6, 6.07) is 16.3. The number of pyridine rings is 4. The molecule has 47 heteroatoms. The van der Waals surface area contributed by atoms with E-state index >= 15 is 0 Å². The van der Waals surface area contributed by atoms with Crippen LogP contribution < -0.4 is 62.4 Å². The predicted octanol–water partition coefficient (Wildman–Crippen LogP) is 11.2. The van der Waals surface area contributed by atoms with E-state index in [9.17, 15) is 119 Å². The third-order valence-electron chi connectivity index (χ3n) is 21.5. The van der Waals surface area contributed by atoms with Crippen LogP contribution in [0.4, 0.5) is 103 Å². The summed E-state index contributed by atoms with van der Waals surface area (Å²) in [5.41, 5.74) is -6.46. The van der Waals surface area contributed by atoms with Gasteiger partial charge < -0.3 is 75.3 Å². The van der Waals surface area contributed by atoms with E-state index in [-0.39, 0.29) is 152 Å². The van der Waals surface area contributed by atoms with Gasteiger partial charge in [-0.3, -0.25) is 38.1 Å². The molecule has 0 spiro atoms. The minimum Gasteiger partial charge on any atom is -0.396 e. The van der Waals surface area contributed by atoms with Crippen molar-refractivity contribution < 1.29 is 105 Å². The molecule has 0 unspecified atom stereocenters. The van der Waals surface area contributed by atoms with E-state index in [2.05, 4.69) is 87.9 Å². The molecule has 0 bridgehead atoms. The molecule has 4 fully saturated rings. The van der Waals surface area contributed by atoms with Crippen molar-refractivity contribution >= 4 is 179 Å². The quantitative estimate of drug-likeness (QED) is 0.0132. The first kappa shape index (κ1) is 100.0. The highest BCUT2D eigenvalue weighted by Crippen LogP contribution is 2.53. The molecule has 0 atom stereocenters. The highest BCUT2D eigenvalue weighted by molar-refractivity contribution is 14.1. The molecule has 4 heterocycles. The van der Waals surface area contributed by atoms with E-state index in [1.807, 2.05) is 22.6 Å². The molecule has 4 aliphatic carbocycles. The minimum absolute atomic E-state index is 0.0259. The molecule has 4 aliphatic rings. The minimum atomic E-state index is -5.16. The van der Waals surface area contributed by atoms with E-state index in [0.717, 1.165) is 36.1 Å². The Morgan fingerprint density at radius 1 is 0.395 bits per heavy atom. The van der Waals surface area contributed by atoms with Crippen molar-refractivity contribution in [1.82, 2.24) is 18.3 Å². The van der Waals surface area contributed by atoms with Crippen LogP contribution in [0.3, 0.4) is 0 Å². The number of anilines is 12. The number of aliphatic hydroxyl groups excluding tert-OH is 7. The van der Waals surface area contributed by atoms with Crippen molar-refractivity contribution in [2.24, 2.45) is 45.9 Å². The zero-order valence-electron chi connectivity index (χ0n) is 66.9. The Labute approximate surface area is 745 Å². The summed E-state index contributed by atoms with van der Waals surface area (Å²) in [6.07, 6.45) is 2.35. The van der Waals surface area contributed by atoms with E-state index in [4.69, 9.17) is 5.11 Å². The normalized spacial score (nSPS) is 15.3. The monoisotopic (exact) mass is 2130 g/mol. The number of aromatic nitrogens is 4. The first-order valence-corrected chi connectivity index (χ1v) is 47.1. The second-order valence-corrected chi connectivity index (χ2v) is 43.0. The molecule has 15 N–H and O–H groups in total. The number of halogens is 12. The van der Waals surface area contributed by atoms with Crippen LogP contribution in [-0.4, -0.2) is 153 Å². The largest absolute Gasteiger partial charge is 0.423 e. The Morgan fingerprint density at radius 2 is 0.661 bits per heavy atom. The van der Waals surface area contributed by atoms with Crippen LogP contribution in [0.5, 0.6) is 0 Å². The van der Waals surface area contributed by atoms with Crippen molar-refractivity contribution in [3.63, 3.8) is 0 Å². The first-order valence-electron chi connectivity index (χ1n) is 37.8. The molecule has 4 aromatic carbocycles. The van der Waals surface area contributed by atoms with Gasteiger partial charge in [0, 0.05) is 145 Å². The van der Waals surface area contributed by atoms with Gasteiger partial charge in [-0.1, -0.05) is 47.8 Å². The fourth-order valence-corrected chi connectivity index (χ4v) is 22.0. The number of alkyl halides is 3. The standard InChI is InChI=1S/2C20H25BrFN3O5S.C19H22F2IN3O5S.C18H18BrF4N3O4S/c2*1-12-18(23-16-4-3-14(21)7-15(16)22)17(9-25(2)19(12)28)24-31(29,30)20(5-6-20)8-13(10-26)11-27;1-25-8-15(24-31(29,30)19(4-5-19)7-11(9-26)10-27)17(16(21)18(25)28)23-14-3-2-12(22)6-13(14)20;1-26-9-13(25-31(29,30)17(4-5-17)6-7-27)15(14(16(26)28)18(21,22)23)24-12-3-2-10(19)8-11(12)20/h2*3-4,7,9,13,23-24,26-27H,5-6,8,10-11H2,1-2H3;2-3,6,8,11,23-24,26-27H,4-5,7,9-10H2,1H3;2-3,8-9,24-25,27H,4-7H2,1H3. The maximum Gasteiger partial charge on any atom is 0.423 e. The molecule has 0 saturated heterocycles. The molecule has 12 rings (SSSR count). The zero-order valence-corrected chi connectivity index (χ0v) is 77.1. The molecular formula is C77H90Br3F8IN12O19S4. The van der Waals surface area contributed by atoms with Gasteiger partial charge in [-0.2, -0.15) is 17.6 Å². The van der Waals surface area contributed by atoms with Gasteiger partial charge in [-0.05, 0) is 186 Å². The van der Waals surface area contributed by atoms with Gasteiger partial charge in [0.05, 0.1) is 81.5 Å². The maximum atomic E-state index is 14.8. The summed E-state index contributed by atoms with van der Waals surface area (Å²) in [5, 5.41) is 75.7. The summed E-state index contributed by atoms with van der Waals surface area (Å²) >= 11 is 11.3. The Kier molecular flexibility index (Phi) is 32.1. The number of nitrogens with zero attached hydrogens (tertiary/aromatic N) is 4. The van der Waals surface area contributed by atoms with Crippen LogP contribution in [0.25, 0.3) is 0 Å². The lowest BCUT2D eigenvalue weighted by atomic mass is 10.0. The third-order valence-corrected chi connectivity index (χ3v) is 32.5. The molecule has 0 aliphatic heterocycles. The van der Waals surface area contributed by atoms with Crippen molar-refractivity contribution in [3.05, 3.63) is 202 Å². The van der Waals surface area contributed by atoms with Gasteiger partial charge in [0.1, 0.15) is 34.5 Å². The molecule has 0 amide bonds. The highest BCUT2D eigenvalue weighted by atomic mass is 127. The number of aliphatic hydroxyl groups is 7. The number of hydrogen-bond acceptors (Lipinski definition) is 23. The molecule has 4 saturated carbocycles. The fraction of sp³-hybridized carbons (Fsp3) is 0.429. The number of sulfonamides is 4. The van der Waals surface area contributed by atoms with Gasteiger partial charge >= 0.3 is 6.18 Å². The zero-order chi connectivity index (χ0) is 92.1. The van der Waals surface area contributed by atoms with Gasteiger partial charge in [-0.15, -0.1) is 0 Å². The number of rotatable bonds is 34. The number of benzene rings is 4. The summed E-state index contributed by atoms with van der Waals surface area (Å²) in [4.78, 5) is 49.3. The molecule has 680 valence electrons. The highest BCUT2D eigenvalue weighted by Gasteiger charge is 2.59. The Bertz CT molecular complexity index is 5650. The van der Waals surface area contributed by atoms with Gasteiger partial charge in [0.15, 0.2) is 0 Å². The smallest absolute Gasteiger partial charge is 0.396 e. The van der Waals surface area contributed by atoms with E-state index in [1.165, 1.54) is 99.0 Å². The molecule has 4 aromatic heterocycles. The van der Waals surface area contributed by atoms with Crippen LogP contribution in [0.15, 0.2) is 130 Å². The topological polar surface area (TPSA) is 462 Å². The fourth-order valence-electron chi connectivity index (χ4n) is 13.6. The average Bonchev–Trinajstić information content (AvgIpc) is 1.57. The van der Waals surface area contributed by atoms with E-state index in [0.29, 0.717) is 60.1 Å². The Hall–Kier alpha value is -7.79. The Balaban J connectivity index is 0.000000187. The molecule has 31 nitrogen and oxygen atoms in total. The average molecular weight is 2130 g/mol. The second kappa shape index (κ2) is 39.8. The lowest BCUT2D eigenvalue weighted by Crippen LogP contribution is -2.34. The summed E-state index contributed by atoms with van der Waals surface area (Å²) in [7, 11) is -10.9. The Morgan fingerprint density at radius 3 is 0.952 bits per heavy atom. The van der Waals surface area contributed by atoms with Crippen molar-refractivity contribution in [2.75, 3.05) is 86.4 Å². The number of hydrogen-bond donors (Lipinski definition) is 15. The van der Waals surface area contributed by atoms with Crippen LogP contribution in [-0.2, 0) is 74.5 Å². The van der Waals surface area contributed by atoms with Gasteiger partial charge in [0.25, 0.3) is 22.2 Å². The lowest BCUT2D eigenvalue weighted by molar-refractivity contribution is -0.138. The van der Waals surface area contributed by atoms with Crippen molar-refractivity contribution in [2.45, 2.75) is 116 Å². The van der Waals surface area contributed by atoms with Crippen molar-refractivity contribution in [1.29, 1.82) is 0 Å². The maximum absolute atomic E-state index is 14.8. The third kappa shape index (κ3) is 22.8. The molecular weight excluding hydrogens is 2040 g/mol. The molecule has 8 aromatic rings. The van der Waals surface area contributed by atoms with E-state index in [1.54, 1.807) is 18.2 Å². The first-order chi connectivity index (χ1) is 57.9. The summed E-state index contributed by atoms with van der Waals surface area (Å²) < 4.78 is 229. The van der Waals surface area contributed by atoms with Crippen molar-refractivity contribution in [3.8, 4) is 0 Å². The predicted molar refractivity (Wildman–Crippen MR) is 472 cm³/mol. The van der Waals surface area contributed by atoms with Crippen LogP contribution in [0.2, 0.25) is 0 Å². The second-order valence-electron chi connectivity index (χ2n) is 30.7. The lowest BCUT2D eigenvalue weighted by Gasteiger charge is -2.23. The number of nitrogens with one attached hydrogen (secondary N) is 8. The summed E-state index contributed by atoms with van der Waals surface area (Å²) in [5.74, 6) is -5.75. The SMILES string of the molecule is Cc1c(Nc2ccc(Br)cc2F)c(NS(=O)(=O)C2(CC(CO)CO)CC2)cn(C)c1=O.Cc1c(Nc2ccc(Br)cc2F)c(NS(=O)(=O)C2(CC(CO)CO)CC2)cn(C)c1=O.Cn1cc(NS(=O)(=O)C2(CC(CO)CO)CC2)c(Nc2ccc(I)cc2F)c(F)c1=O.Cn1cc(NS(=O)(=O)C2(CCO)CC2)c(Nc2ccc(Br)cc2F)c(C(F)(F)F)c1=O. The van der Waals surface area contributed by atoms with Crippen LogP contribution in [0, 0.1) is 64.3 Å². The van der Waals surface area contributed by atoms with E-state index < -0.39 is 152 Å². The van der Waals surface area contributed by atoms with Crippen LogP contribution >= 0.6 is 70.4 Å². The number of aryl methyl sites for hydroxylation is 4. The molecule has 124 heavy (non-hydrogen) atoms.